The number of ether oxygens (including phenoxy) is 3. The van der Waals surface area contributed by atoms with Crippen LogP contribution in [0, 0.1) is 0 Å². The summed E-state index contributed by atoms with van der Waals surface area (Å²) in [6.07, 6.45) is 84.1. The first-order valence-electron chi connectivity index (χ1n) is 31.7. The molecule has 1 atom stereocenters. The zero-order valence-electron chi connectivity index (χ0n) is 49.3. The first-order valence-corrected chi connectivity index (χ1v) is 31.7. The fraction of sp³-hybridized carbons (Fsp3) is 0.725. The number of carbonyl (C=O) groups is 3. The smallest absolute Gasteiger partial charge is 0.306 e. The van der Waals surface area contributed by atoms with Crippen LogP contribution in [-0.2, 0) is 28.6 Å². The largest absolute Gasteiger partial charge is 0.462 e. The molecule has 0 aliphatic heterocycles. The molecular formula is C69H118O6. The highest BCUT2D eigenvalue weighted by Crippen LogP contribution is 2.16. The lowest BCUT2D eigenvalue weighted by Crippen LogP contribution is -2.30. The van der Waals surface area contributed by atoms with Gasteiger partial charge in [0, 0.05) is 19.3 Å². The summed E-state index contributed by atoms with van der Waals surface area (Å²) < 4.78 is 16.9. The molecule has 6 heteroatoms. The quantitative estimate of drug-likeness (QED) is 0.0261. The van der Waals surface area contributed by atoms with Crippen molar-refractivity contribution in [3.8, 4) is 0 Å². The Hall–Kier alpha value is -3.67. The van der Waals surface area contributed by atoms with E-state index in [9.17, 15) is 14.4 Å². The summed E-state index contributed by atoms with van der Waals surface area (Å²) in [7, 11) is 0. The van der Waals surface area contributed by atoms with Gasteiger partial charge < -0.3 is 14.2 Å². The second-order valence-electron chi connectivity index (χ2n) is 20.9. The van der Waals surface area contributed by atoms with E-state index in [1.165, 1.54) is 141 Å². The highest BCUT2D eigenvalue weighted by molar-refractivity contribution is 5.71. The van der Waals surface area contributed by atoms with Gasteiger partial charge in [-0.25, -0.2) is 0 Å². The van der Waals surface area contributed by atoms with Gasteiger partial charge in [0.2, 0.25) is 0 Å². The number of esters is 3. The third-order valence-electron chi connectivity index (χ3n) is 13.6. The maximum atomic E-state index is 12.9. The monoisotopic (exact) mass is 1040 g/mol. The molecule has 75 heavy (non-hydrogen) atoms. The Morgan fingerprint density at radius 3 is 0.853 bits per heavy atom. The van der Waals surface area contributed by atoms with Crippen LogP contribution in [0.1, 0.15) is 303 Å². The predicted molar refractivity (Wildman–Crippen MR) is 325 cm³/mol. The van der Waals surface area contributed by atoms with Crippen molar-refractivity contribution in [3.05, 3.63) is 97.2 Å². The van der Waals surface area contributed by atoms with Gasteiger partial charge in [-0.2, -0.15) is 0 Å². The number of allylic oxidation sites excluding steroid dienone is 16. The Balaban J connectivity index is 4.46. The molecule has 0 radical (unpaired) electrons. The van der Waals surface area contributed by atoms with Crippen molar-refractivity contribution in [3.63, 3.8) is 0 Å². The van der Waals surface area contributed by atoms with Crippen LogP contribution in [0.5, 0.6) is 0 Å². The minimum Gasteiger partial charge on any atom is -0.462 e. The van der Waals surface area contributed by atoms with Crippen molar-refractivity contribution in [2.75, 3.05) is 13.2 Å². The molecule has 0 heterocycles. The summed E-state index contributed by atoms with van der Waals surface area (Å²) in [5.41, 5.74) is 0. The molecule has 0 spiro atoms. The number of hydrogen-bond donors (Lipinski definition) is 0. The van der Waals surface area contributed by atoms with Gasteiger partial charge in [0.1, 0.15) is 13.2 Å². The van der Waals surface area contributed by atoms with Crippen LogP contribution < -0.4 is 0 Å². The van der Waals surface area contributed by atoms with Gasteiger partial charge in [0.05, 0.1) is 0 Å². The van der Waals surface area contributed by atoms with Crippen LogP contribution >= 0.6 is 0 Å². The normalized spacial score (nSPS) is 12.7. The van der Waals surface area contributed by atoms with Gasteiger partial charge in [0.25, 0.3) is 0 Å². The molecule has 0 saturated heterocycles. The molecule has 0 aliphatic rings. The Morgan fingerprint density at radius 2 is 0.520 bits per heavy atom. The van der Waals surface area contributed by atoms with Crippen molar-refractivity contribution in [2.45, 2.75) is 309 Å². The second kappa shape index (κ2) is 62.9. The molecule has 6 nitrogen and oxygen atoms in total. The number of carbonyl (C=O) groups excluding carboxylic acids is 3. The summed E-state index contributed by atoms with van der Waals surface area (Å²) in [4.78, 5) is 38.3. The van der Waals surface area contributed by atoms with E-state index < -0.39 is 6.10 Å². The average Bonchev–Trinajstić information content (AvgIpc) is 3.41. The predicted octanol–water partition coefficient (Wildman–Crippen LogP) is 21.7. The fourth-order valence-corrected chi connectivity index (χ4v) is 8.83. The molecule has 0 fully saturated rings. The standard InChI is InChI=1S/C69H118O6/c1-4-7-10-13-16-19-22-25-28-31-33-35-37-38-41-44-47-50-53-56-59-62-68(71)74-65-66(64-73-67(70)61-58-55-52-49-46-43-40-30-27-24-21-18-15-12-9-6-3)75-69(72)63-60-57-54-51-48-45-42-39-36-34-32-29-26-23-20-17-14-11-8-5-2/h7,10,16,19,21,24-25,28,30,33,35,38,40-41,47,50,66H,4-6,8-9,11-15,17-18,20,22-23,26-27,29,31-32,34,36-37,39,42-46,48-49,51-65H2,1-3H3/b10-7-,19-16-,24-21-,28-25-,35-33-,40-30-,41-38-,50-47-. The molecular weight excluding hydrogens is 925 g/mol. The van der Waals surface area contributed by atoms with Crippen LogP contribution in [0.15, 0.2) is 97.2 Å². The Bertz CT molecular complexity index is 1480. The highest BCUT2D eigenvalue weighted by atomic mass is 16.6. The van der Waals surface area contributed by atoms with Gasteiger partial charge in [0.15, 0.2) is 6.10 Å². The van der Waals surface area contributed by atoms with Crippen LogP contribution in [0.2, 0.25) is 0 Å². The summed E-state index contributed by atoms with van der Waals surface area (Å²) in [5, 5.41) is 0. The van der Waals surface area contributed by atoms with Crippen LogP contribution in [0.25, 0.3) is 0 Å². The van der Waals surface area contributed by atoms with E-state index in [1.807, 2.05) is 0 Å². The van der Waals surface area contributed by atoms with Crippen molar-refractivity contribution in [1.29, 1.82) is 0 Å². The molecule has 0 saturated carbocycles. The van der Waals surface area contributed by atoms with Crippen LogP contribution in [0.3, 0.4) is 0 Å². The maximum Gasteiger partial charge on any atom is 0.306 e. The van der Waals surface area contributed by atoms with Crippen LogP contribution in [0.4, 0.5) is 0 Å². The lowest BCUT2D eigenvalue weighted by Gasteiger charge is -2.18. The molecule has 1 unspecified atom stereocenters. The lowest BCUT2D eigenvalue weighted by molar-refractivity contribution is -0.167. The Morgan fingerprint density at radius 1 is 0.280 bits per heavy atom. The number of rotatable bonds is 57. The minimum absolute atomic E-state index is 0.0971. The van der Waals surface area contributed by atoms with E-state index in [-0.39, 0.29) is 31.1 Å². The van der Waals surface area contributed by atoms with Gasteiger partial charge in [-0.3, -0.25) is 14.4 Å². The molecule has 0 aromatic heterocycles. The first kappa shape index (κ1) is 71.3. The molecule has 0 aromatic carbocycles. The lowest BCUT2D eigenvalue weighted by atomic mass is 10.0. The zero-order valence-corrected chi connectivity index (χ0v) is 49.3. The van der Waals surface area contributed by atoms with Crippen molar-refractivity contribution in [2.24, 2.45) is 0 Å². The molecule has 0 bridgehead atoms. The topological polar surface area (TPSA) is 78.9 Å². The highest BCUT2D eigenvalue weighted by Gasteiger charge is 2.19. The fourth-order valence-electron chi connectivity index (χ4n) is 8.83. The van der Waals surface area contributed by atoms with E-state index >= 15 is 0 Å². The van der Waals surface area contributed by atoms with Crippen molar-refractivity contribution < 1.29 is 28.6 Å². The van der Waals surface area contributed by atoms with Gasteiger partial charge in [-0.15, -0.1) is 0 Å². The molecule has 430 valence electrons. The van der Waals surface area contributed by atoms with E-state index in [2.05, 4.69) is 118 Å². The van der Waals surface area contributed by atoms with E-state index in [4.69, 9.17) is 14.2 Å². The van der Waals surface area contributed by atoms with Gasteiger partial charge >= 0.3 is 17.9 Å². The first-order chi connectivity index (χ1) is 37.0. The van der Waals surface area contributed by atoms with E-state index in [1.54, 1.807) is 0 Å². The third kappa shape index (κ3) is 61.1. The average molecular weight is 1040 g/mol. The van der Waals surface area contributed by atoms with Crippen molar-refractivity contribution in [1.82, 2.24) is 0 Å². The summed E-state index contributed by atoms with van der Waals surface area (Å²) in [5.74, 6) is -0.943. The molecule has 0 N–H and O–H groups in total. The minimum atomic E-state index is -0.802. The second-order valence-corrected chi connectivity index (χ2v) is 20.9. The molecule has 0 amide bonds. The molecule has 0 rings (SSSR count). The summed E-state index contributed by atoms with van der Waals surface area (Å²) in [6, 6.07) is 0. The van der Waals surface area contributed by atoms with Crippen molar-refractivity contribution >= 4 is 17.9 Å². The summed E-state index contributed by atoms with van der Waals surface area (Å²) in [6.45, 7) is 6.49. The van der Waals surface area contributed by atoms with Crippen LogP contribution in [-0.4, -0.2) is 37.2 Å². The van der Waals surface area contributed by atoms with Gasteiger partial charge in [-0.05, 0) is 103 Å². The molecule has 0 aliphatic carbocycles. The number of hydrogen-bond acceptors (Lipinski definition) is 6. The Kier molecular flexibility index (Phi) is 59.8. The third-order valence-corrected chi connectivity index (χ3v) is 13.6. The maximum absolute atomic E-state index is 12.9. The van der Waals surface area contributed by atoms with E-state index in [0.717, 1.165) is 122 Å². The number of unbranched alkanes of at least 4 members (excludes halogenated alkanes) is 30. The zero-order chi connectivity index (χ0) is 54.3. The summed E-state index contributed by atoms with van der Waals surface area (Å²) >= 11 is 0. The SMILES string of the molecule is CC/C=C\C/C=C\C/C=C\C/C=C\C/C=C\C/C=C\CCCCC(=O)OCC(COC(=O)CCCCCCC/C=C\C/C=C\CCCCCC)OC(=O)CCCCCCCCCCCCCCCCCCCCCC. The Labute approximate surface area is 464 Å². The molecule has 0 aromatic rings. The van der Waals surface area contributed by atoms with Gasteiger partial charge in [-0.1, -0.05) is 279 Å². The van der Waals surface area contributed by atoms with E-state index in [0.29, 0.717) is 19.3 Å².